The highest BCUT2D eigenvalue weighted by atomic mass is 16.2. The third kappa shape index (κ3) is 3.81. The number of rotatable bonds is 4. The van der Waals surface area contributed by atoms with Gasteiger partial charge in [-0.1, -0.05) is 31.2 Å². The minimum Gasteiger partial charge on any atom is -0.341 e. The highest BCUT2D eigenvalue weighted by Gasteiger charge is 2.22. The Kier molecular flexibility index (Phi) is 5.19. The van der Waals surface area contributed by atoms with Gasteiger partial charge in [0.2, 0.25) is 5.91 Å². The van der Waals surface area contributed by atoms with Crippen molar-refractivity contribution in [3.8, 4) is 0 Å². The first kappa shape index (κ1) is 18.3. The van der Waals surface area contributed by atoms with Gasteiger partial charge in [0.05, 0.1) is 11.1 Å². The summed E-state index contributed by atoms with van der Waals surface area (Å²) < 4.78 is 1.33. The Bertz CT molecular complexity index is 1050. The lowest BCUT2D eigenvalue weighted by Crippen LogP contribution is -2.42. The van der Waals surface area contributed by atoms with Crippen molar-refractivity contribution in [2.45, 2.75) is 32.7 Å². The van der Waals surface area contributed by atoms with Crippen molar-refractivity contribution < 1.29 is 4.79 Å². The topological polar surface area (TPSA) is 68.1 Å². The zero-order valence-corrected chi connectivity index (χ0v) is 16.0. The molecule has 3 aromatic rings. The molecule has 6 nitrogen and oxygen atoms in total. The fraction of sp³-hybridized carbons (Fsp3) is 0.364. The van der Waals surface area contributed by atoms with E-state index in [0.29, 0.717) is 17.7 Å². The molecule has 0 bridgehead atoms. The van der Waals surface area contributed by atoms with E-state index in [4.69, 9.17) is 0 Å². The Hall–Kier alpha value is -3.02. The Labute approximate surface area is 163 Å². The number of pyridine rings is 1. The largest absolute Gasteiger partial charge is 0.341 e. The molecule has 0 N–H and O–H groups in total. The van der Waals surface area contributed by atoms with Crippen molar-refractivity contribution in [1.29, 1.82) is 0 Å². The number of hydrogen-bond donors (Lipinski definition) is 0. The summed E-state index contributed by atoms with van der Waals surface area (Å²) in [6, 6.07) is 11.3. The Balaban J connectivity index is 1.69. The number of piperidine rings is 1. The van der Waals surface area contributed by atoms with Crippen molar-refractivity contribution in [1.82, 2.24) is 19.7 Å². The van der Waals surface area contributed by atoms with Gasteiger partial charge in [-0.15, -0.1) is 0 Å². The molecule has 2 aromatic heterocycles. The maximum absolute atomic E-state index is 12.9. The lowest BCUT2D eigenvalue weighted by Gasteiger charge is -2.31. The summed E-state index contributed by atoms with van der Waals surface area (Å²) in [5.41, 5.74) is 1.58. The van der Waals surface area contributed by atoms with Gasteiger partial charge in [-0.2, -0.15) is 5.10 Å². The van der Waals surface area contributed by atoms with Crippen molar-refractivity contribution in [2.75, 3.05) is 13.1 Å². The summed E-state index contributed by atoms with van der Waals surface area (Å²) >= 11 is 0. The highest BCUT2D eigenvalue weighted by Crippen LogP contribution is 2.18. The molecule has 1 aliphatic heterocycles. The smallest absolute Gasteiger partial charge is 0.275 e. The first-order chi connectivity index (χ1) is 13.6. The quantitative estimate of drug-likeness (QED) is 0.702. The number of carbonyl (C=O) groups excluding carboxylic acids is 1. The van der Waals surface area contributed by atoms with Gasteiger partial charge in [0, 0.05) is 37.3 Å². The second-order valence-corrected chi connectivity index (χ2v) is 7.58. The van der Waals surface area contributed by atoms with Crippen LogP contribution in [0.1, 0.15) is 31.0 Å². The van der Waals surface area contributed by atoms with Gasteiger partial charge in [0.15, 0.2) is 0 Å². The van der Waals surface area contributed by atoms with Crippen molar-refractivity contribution in [3.63, 3.8) is 0 Å². The van der Waals surface area contributed by atoms with Crippen molar-refractivity contribution in [3.05, 3.63) is 70.4 Å². The third-order valence-corrected chi connectivity index (χ3v) is 5.33. The number of hydrogen-bond acceptors (Lipinski definition) is 4. The average Bonchev–Trinajstić information content (AvgIpc) is 2.72. The Morgan fingerprint density at radius 3 is 2.75 bits per heavy atom. The summed E-state index contributed by atoms with van der Waals surface area (Å²) in [5.74, 6) is 0.462. The zero-order chi connectivity index (χ0) is 19.5. The fourth-order valence-electron chi connectivity index (χ4n) is 3.88. The molecule has 1 aliphatic rings. The molecular weight excluding hydrogens is 352 g/mol. The third-order valence-electron chi connectivity index (χ3n) is 5.33. The molecule has 1 amide bonds. The molecule has 0 radical (unpaired) electrons. The first-order valence-electron chi connectivity index (χ1n) is 9.77. The molecule has 6 heteroatoms. The predicted octanol–water partition coefficient (Wildman–Crippen LogP) is 2.64. The van der Waals surface area contributed by atoms with Crippen LogP contribution in [0.25, 0.3) is 10.8 Å². The number of likely N-dealkylation sites (tertiary alicyclic amines) is 1. The fourth-order valence-corrected chi connectivity index (χ4v) is 3.88. The van der Waals surface area contributed by atoms with Crippen molar-refractivity contribution in [2.24, 2.45) is 5.92 Å². The van der Waals surface area contributed by atoms with E-state index in [9.17, 15) is 9.59 Å². The van der Waals surface area contributed by atoms with E-state index in [0.717, 1.165) is 42.6 Å². The van der Waals surface area contributed by atoms with Crippen LogP contribution >= 0.6 is 0 Å². The van der Waals surface area contributed by atoms with Crippen LogP contribution in [0.5, 0.6) is 0 Å². The van der Waals surface area contributed by atoms with E-state index in [1.165, 1.54) is 4.68 Å². The number of amides is 1. The number of nitrogens with zero attached hydrogens (tertiary/aromatic N) is 4. The van der Waals surface area contributed by atoms with E-state index in [1.807, 2.05) is 35.2 Å². The van der Waals surface area contributed by atoms with Crippen LogP contribution in [0.4, 0.5) is 0 Å². The predicted molar refractivity (Wildman–Crippen MR) is 108 cm³/mol. The molecule has 144 valence electrons. The molecule has 1 atom stereocenters. The van der Waals surface area contributed by atoms with Gasteiger partial charge in [0.25, 0.3) is 5.56 Å². The lowest BCUT2D eigenvalue weighted by molar-refractivity contribution is -0.133. The van der Waals surface area contributed by atoms with Gasteiger partial charge in [-0.25, -0.2) is 4.68 Å². The summed E-state index contributed by atoms with van der Waals surface area (Å²) in [6.45, 7) is 3.65. The normalized spacial score (nSPS) is 17.0. The standard InChI is InChI=1S/C22H24N4O2/c1-16-6-5-11-25(14-16)21(27)15-26-22(28)19-9-3-2-8-18(19)20(24-26)12-17-7-4-10-23-13-17/h2-4,7-10,13,16H,5-6,11-12,14-15H2,1H3/t16-/m0/s1. The van der Waals surface area contributed by atoms with Gasteiger partial charge in [-0.05, 0) is 36.5 Å². The molecule has 0 saturated carbocycles. The summed E-state index contributed by atoms with van der Waals surface area (Å²) in [7, 11) is 0. The molecule has 1 fully saturated rings. The molecule has 0 spiro atoms. The Morgan fingerprint density at radius 1 is 1.18 bits per heavy atom. The molecule has 0 aliphatic carbocycles. The maximum atomic E-state index is 12.9. The number of carbonyl (C=O) groups is 1. The van der Waals surface area contributed by atoms with Gasteiger partial charge >= 0.3 is 0 Å². The van der Waals surface area contributed by atoms with E-state index in [1.54, 1.807) is 18.5 Å². The molecule has 3 heterocycles. The van der Waals surface area contributed by atoms with Crippen LogP contribution in [0, 0.1) is 5.92 Å². The summed E-state index contributed by atoms with van der Waals surface area (Å²) in [4.78, 5) is 31.7. The van der Waals surface area contributed by atoms with E-state index in [2.05, 4.69) is 17.0 Å². The number of fused-ring (bicyclic) bond motifs is 1. The molecule has 1 aromatic carbocycles. The van der Waals surface area contributed by atoms with Crippen LogP contribution in [-0.2, 0) is 17.8 Å². The van der Waals surface area contributed by atoms with Crippen LogP contribution in [0.15, 0.2) is 53.6 Å². The molecule has 0 unspecified atom stereocenters. The second kappa shape index (κ2) is 7.92. The minimum absolute atomic E-state index is 0.0174. The molecule has 28 heavy (non-hydrogen) atoms. The zero-order valence-electron chi connectivity index (χ0n) is 16.0. The Morgan fingerprint density at radius 2 is 2.00 bits per heavy atom. The van der Waals surface area contributed by atoms with Crippen LogP contribution in [0.2, 0.25) is 0 Å². The highest BCUT2D eigenvalue weighted by molar-refractivity contribution is 5.84. The molecule has 1 saturated heterocycles. The van der Waals surface area contributed by atoms with Gasteiger partial charge in [-0.3, -0.25) is 14.6 Å². The minimum atomic E-state index is -0.219. The van der Waals surface area contributed by atoms with Crippen LogP contribution in [-0.4, -0.2) is 38.7 Å². The summed E-state index contributed by atoms with van der Waals surface area (Å²) in [6.07, 6.45) is 6.25. The van der Waals surface area contributed by atoms with E-state index >= 15 is 0 Å². The van der Waals surface area contributed by atoms with E-state index in [-0.39, 0.29) is 18.0 Å². The summed E-state index contributed by atoms with van der Waals surface area (Å²) in [5, 5.41) is 6.00. The molecule has 4 rings (SSSR count). The number of benzene rings is 1. The van der Waals surface area contributed by atoms with Gasteiger partial charge in [0.1, 0.15) is 6.54 Å². The lowest BCUT2D eigenvalue weighted by atomic mass is 10.0. The monoisotopic (exact) mass is 376 g/mol. The van der Waals surface area contributed by atoms with Crippen LogP contribution < -0.4 is 5.56 Å². The average molecular weight is 376 g/mol. The molecular formula is C22H24N4O2. The van der Waals surface area contributed by atoms with Crippen molar-refractivity contribution >= 4 is 16.7 Å². The second-order valence-electron chi connectivity index (χ2n) is 7.58. The first-order valence-corrected chi connectivity index (χ1v) is 9.77. The van der Waals surface area contributed by atoms with Crippen LogP contribution in [0.3, 0.4) is 0 Å². The number of aromatic nitrogens is 3. The van der Waals surface area contributed by atoms with Gasteiger partial charge < -0.3 is 4.90 Å². The van der Waals surface area contributed by atoms with E-state index < -0.39 is 0 Å². The maximum Gasteiger partial charge on any atom is 0.275 e. The SMILES string of the molecule is C[C@H]1CCCN(C(=O)Cn2nc(Cc3cccnc3)c3ccccc3c2=O)C1.